The van der Waals surface area contributed by atoms with Crippen LogP contribution < -0.4 is 21.7 Å². The Morgan fingerprint density at radius 2 is 1.48 bits per heavy atom. The fourth-order valence-corrected chi connectivity index (χ4v) is 2.32. The second-order valence-electron chi connectivity index (χ2n) is 5.28. The number of carbonyl (C=O) groups is 1. The normalized spacial score (nSPS) is 10.2. The predicted octanol–water partition coefficient (Wildman–Crippen LogP) is 1.41. The molecule has 1 amide bonds. The molecule has 0 bridgehead atoms. The molecule has 0 aliphatic rings. The maximum atomic E-state index is 12.4. The fourth-order valence-electron chi connectivity index (χ4n) is 2.32. The Morgan fingerprint density at radius 1 is 0.920 bits per heavy atom. The minimum absolute atomic E-state index is 0.216. The Labute approximate surface area is 143 Å². The average Bonchev–Trinajstić information content (AvgIpc) is 2.63. The van der Waals surface area contributed by atoms with Crippen LogP contribution >= 0.6 is 0 Å². The van der Waals surface area contributed by atoms with Gasteiger partial charge in [-0.05, 0) is 24.3 Å². The van der Waals surface area contributed by atoms with E-state index in [-0.39, 0.29) is 6.54 Å². The van der Waals surface area contributed by atoms with E-state index in [1.54, 1.807) is 5.01 Å². The summed E-state index contributed by atoms with van der Waals surface area (Å²) in [4.78, 5) is 37.3. The second-order valence-corrected chi connectivity index (χ2v) is 5.28. The van der Waals surface area contributed by atoms with Crippen molar-refractivity contribution in [2.75, 3.05) is 5.01 Å². The van der Waals surface area contributed by atoms with Gasteiger partial charge in [-0.1, -0.05) is 36.4 Å². The number of anilines is 2. The molecule has 0 atom stereocenters. The van der Waals surface area contributed by atoms with E-state index in [0.717, 1.165) is 15.9 Å². The smallest absolute Gasteiger partial charge is 0.291 e. The van der Waals surface area contributed by atoms with E-state index in [2.05, 4.69) is 10.4 Å². The van der Waals surface area contributed by atoms with Crippen LogP contribution in [0.25, 0.3) is 0 Å². The third-order valence-electron chi connectivity index (χ3n) is 3.48. The Balaban J connectivity index is 1.84. The van der Waals surface area contributed by atoms with Crippen molar-refractivity contribution in [2.45, 2.75) is 6.54 Å². The van der Waals surface area contributed by atoms with Crippen LogP contribution in [0.4, 0.5) is 11.4 Å². The number of nitrogens with one attached hydrogen (secondary N) is 2. The number of carbonyl (C=O) groups excluding carboxylic acids is 1. The standard InChI is InChI=1S/C18H16N4O3/c23-16-11-12-21(18(25)19-16)13-17(24)20-22(14-7-3-1-4-8-14)15-9-5-2-6-10-15/h1-12H,13H2,(H,20,24)(H,19,23,25). The molecule has 0 fully saturated rings. The van der Waals surface area contributed by atoms with Crippen molar-refractivity contribution in [3.8, 4) is 0 Å². The van der Waals surface area contributed by atoms with Gasteiger partial charge >= 0.3 is 5.69 Å². The molecule has 0 saturated heterocycles. The quantitative estimate of drug-likeness (QED) is 0.690. The summed E-state index contributed by atoms with van der Waals surface area (Å²) in [5, 5.41) is 1.64. The summed E-state index contributed by atoms with van der Waals surface area (Å²) < 4.78 is 1.13. The van der Waals surface area contributed by atoms with E-state index in [4.69, 9.17) is 0 Å². The van der Waals surface area contributed by atoms with Gasteiger partial charge in [0.05, 0.1) is 11.4 Å². The first-order chi connectivity index (χ1) is 12.1. The van der Waals surface area contributed by atoms with Crippen LogP contribution in [0.15, 0.2) is 82.5 Å². The third-order valence-corrected chi connectivity index (χ3v) is 3.48. The largest absolute Gasteiger partial charge is 0.328 e. The van der Waals surface area contributed by atoms with E-state index >= 15 is 0 Å². The van der Waals surface area contributed by atoms with Gasteiger partial charge in [-0.3, -0.25) is 29.6 Å². The summed E-state index contributed by atoms with van der Waals surface area (Å²) in [5.74, 6) is -0.401. The molecule has 0 spiro atoms. The number of aromatic nitrogens is 2. The highest BCUT2D eigenvalue weighted by atomic mass is 16.2. The lowest BCUT2D eigenvalue weighted by Gasteiger charge is -2.25. The maximum Gasteiger partial charge on any atom is 0.328 e. The molecule has 3 rings (SSSR count). The molecule has 7 nitrogen and oxygen atoms in total. The summed E-state index contributed by atoms with van der Waals surface area (Å²) in [6, 6.07) is 19.9. The van der Waals surface area contributed by atoms with E-state index in [0.29, 0.717) is 0 Å². The van der Waals surface area contributed by atoms with Crippen LogP contribution in [0.5, 0.6) is 0 Å². The van der Waals surface area contributed by atoms with Crippen LogP contribution in [0.2, 0.25) is 0 Å². The first-order valence-electron chi connectivity index (χ1n) is 7.63. The van der Waals surface area contributed by atoms with Gasteiger partial charge in [0.25, 0.3) is 11.5 Å². The molecule has 25 heavy (non-hydrogen) atoms. The summed E-state index contributed by atoms with van der Waals surface area (Å²) in [6.07, 6.45) is 1.29. The molecule has 0 radical (unpaired) electrons. The minimum atomic E-state index is -0.631. The highest BCUT2D eigenvalue weighted by Gasteiger charge is 2.13. The first-order valence-corrected chi connectivity index (χ1v) is 7.63. The third kappa shape index (κ3) is 4.03. The Hall–Kier alpha value is -3.61. The number of rotatable bonds is 5. The van der Waals surface area contributed by atoms with Gasteiger partial charge in [0, 0.05) is 12.3 Å². The lowest BCUT2D eigenvalue weighted by atomic mass is 10.2. The van der Waals surface area contributed by atoms with Crippen molar-refractivity contribution in [3.63, 3.8) is 0 Å². The van der Waals surface area contributed by atoms with Crippen LogP contribution in [0, 0.1) is 0 Å². The molecule has 0 aliphatic heterocycles. The Bertz CT molecular complexity index is 925. The van der Waals surface area contributed by atoms with Crippen molar-refractivity contribution in [3.05, 3.63) is 93.8 Å². The molecule has 7 heteroatoms. The molecule has 1 heterocycles. The minimum Gasteiger partial charge on any atom is -0.291 e. The highest BCUT2D eigenvalue weighted by molar-refractivity contribution is 5.80. The molecule has 2 aromatic carbocycles. The van der Waals surface area contributed by atoms with Gasteiger partial charge in [-0.25, -0.2) is 4.79 Å². The zero-order valence-electron chi connectivity index (χ0n) is 13.3. The van der Waals surface area contributed by atoms with Gasteiger partial charge in [0.15, 0.2) is 0 Å². The number of aromatic amines is 1. The van der Waals surface area contributed by atoms with Gasteiger partial charge < -0.3 is 0 Å². The van der Waals surface area contributed by atoms with Crippen molar-refractivity contribution < 1.29 is 4.79 Å². The number of benzene rings is 2. The molecule has 0 saturated carbocycles. The molecule has 0 aliphatic carbocycles. The molecular weight excluding hydrogens is 320 g/mol. The molecular formula is C18H16N4O3. The van der Waals surface area contributed by atoms with Gasteiger partial charge in [-0.2, -0.15) is 0 Å². The van der Waals surface area contributed by atoms with Gasteiger partial charge in [-0.15, -0.1) is 0 Å². The summed E-state index contributed by atoms with van der Waals surface area (Å²) in [6.45, 7) is -0.216. The zero-order valence-corrected chi connectivity index (χ0v) is 13.3. The SMILES string of the molecule is O=C(Cn1ccc(=O)[nH]c1=O)NN(c1ccccc1)c1ccccc1. The van der Waals surface area contributed by atoms with Crippen LogP contribution in [0.3, 0.4) is 0 Å². The lowest BCUT2D eigenvalue weighted by molar-refractivity contribution is -0.121. The Kier molecular flexibility index (Phi) is 4.75. The number of para-hydroxylation sites is 2. The van der Waals surface area contributed by atoms with Crippen LogP contribution in [-0.2, 0) is 11.3 Å². The van der Waals surface area contributed by atoms with Gasteiger partial charge in [0.1, 0.15) is 6.54 Å². The van der Waals surface area contributed by atoms with E-state index in [1.807, 2.05) is 60.7 Å². The number of nitrogens with zero attached hydrogens (tertiary/aromatic N) is 2. The van der Waals surface area contributed by atoms with Gasteiger partial charge in [0.2, 0.25) is 0 Å². The topological polar surface area (TPSA) is 87.2 Å². The monoisotopic (exact) mass is 336 g/mol. The van der Waals surface area contributed by atoms with E-state index in [1.165, 1.54) is 12.3 Å². The first kappa shape index (κ1) is 16.3. The van der Waals surface area contributed by atoms with Crippen molar-refractivity contribution in [1.82, 2.24) is 15.0 Å². The van der Waals surface area contributed by atoms with E-state index < -0.39 is 17.2 Å². The number of H-pyrrole nitrogens is 1. The summed E-state index contributed by atoms with van der Waals surface area (Å²) in [7, 11) is 0. The summed E-state index contributed by atoms with van der Waals surface area (Å²) in [5.41, 5.74) is 3.20. The maximum absolute atomic E-state index is 12.4. The zero-order chi connectivity index (χ0) is 17.6. The number of hydrogen-bond donors (Lipinski definition) is 2. The molecule has 2 N–H and O–H groups in total. The molecule has 3 aromatic rings. The average molecular weight is 336 g/mol. The molecule has 126 valence electrons. The molecule has 1 aromatic heterocycles. The van der Waals surface area contributed by atoms with Crippen LogP contribution in [-0.4, -0.2) is 15.5 Å². The lowest BCUT2D eigenvalue weighted by Crippen LogP contribution is -2.42. The predicted molar refractivity (Wildman–Crippen MR) is 94.5 cm³/mol. The van der Waals surface area contributed by atoms with Crippen molar-refractivity contribution in [1.29, 1.82) is 0 Å². The van der Waals surface area contributed by atoms with E-state index in [9.17, 15) is 14.4 Å². The molecule has 0 unspecified atom stereocenters. The Morgan fingerprint density at radius 3 is 2.00 bits per heavy atom. The number of hydrogen-bond acceptors (Lipinski definition) is 4. The van der Waals surface area contributed by atoms with Crippen molar-refractivity contribution >= 4 is 17.3 Å². The number of hydrazine groups is 1. The second kappa shape index (κ2) is 7.31. The summed E-state index contributed by atoms with van der Waals surface area (Å²) >= 11 is 0. The highest BCUT2D eigenvalue weighted by Crippen LogP contribution is 2.22. The van der Waals surface area contributed by atoms with Crippen molar-refractivity contribution in [2.24, 2.45) is 0 Å². The van der Waals surface area contributed by atoms with Crippen LogP contribution in [0.1, 0.15) is 0 Å². The fraction of sp³-hybridized carbons (Fsp3) is 0.0556. The number of amides is 1.